The first-order chi connectivity index (χ1) is 8.93. The van der Waals surface area contributed by atoms with Gasteiger partial charge in [-0.1, -0.05) is 6.07 Å². The molecule has 0 aromatic heterocycles. The molecule has 1 aromatic rings. The Morgan fingerprint density at radius 3 is 2.53 bits per heavy atom. The first kappa shape index (κ1) is 15.0. The summed E-state index contributed by atoms with van der Waals surface area (Å²) in [6.07, 6.45) is -0.547. The molecular weight excluding hydrogens is 260 g/mol. The number of nitrogens with one attached hydrogen (secondary N) is 1. The number of carboxylic acids is 1. The minimum atomic E-state index is -1.29. The number of aliphatic carboxylic acids is 1. The number of benzene rings is 1. The molecule has 1 atom stereocenters. The van der Waals surface area contributed by atoms with E-state index in [1.807, 2.05) is 0 Å². The van der Waals surface area contributed by atoms with Crippen LogP contribution >= 0.6 is 0 Å². The van der Waals surface area contributed by atoms with Crippen LogP contribution in [0.2, 0.25) is 0 Å². The van der Waals surface area contributed by atoms with E-state index in [1.165, 1.54) is 0 Å². The number of aliphatic hydroxyl groups is 1. The highest BCUT2D eigenvalue weighted by atomic mass is 19.1. The fourth-order valence-corrected chi connectivity index (χ4v) is 1.47. The summed E-state index contributed by atoms with van der Waals surface area (Å²) < 4.78 is 25.9. The largest absolute Gasteiger partial charge is 0.480 e. The smallest absolute Gasteiger partial charge is 0.326 e. The van der Waals surface area contributed by atoms with Crippen LogP contribution in [0.5, 0.6) is 0 Å². The highest BCUT2D eigenvalue weighted by Gasteiger charge is 2.19. The van der Waals surface area contributed by atoms with Gasteiger partial charge in [-0.05, 0) is 11.6 Å². The summed E-state index contributed by atoms with van der Waals surface area (Å²) in [6, 6.07) is 1.53. The molecule has 0 saturated heterocycles. The Hall–Kier alpha value is -2.02. The molecule has 19 heavy (non-hydrogen) atoms. The second-order valence-electron chi connectivity index (χ2n) is 3.88. The molecule has 0 radical (unpaired) electrons. The topological polar surface area (TPSA) is 86.6 Å². The van der Waals surface area contributed by atoms with Crippen LogP contribution in [0.3, 0.4) is 0 Å². The van der Waals surface area contributed by atoms with Crippen LogP contribution in [0.25, 0.3) is 0 Å². The first-order valence-corrected chi connectivity index (χ1v) is 5.51. The Kier molecular flexibility index (Phi) is 5.37. The molecule has 3 N–H and O–H groups in total. The zero-order valence-corrected chi connectivity index (χ0v) is 9.90. The standard InChI is InChI=1S/C12H13F2NO4/c13-8-2-1-7(9(14)6-8)5-11(17)15-10(3-4-16)12(18)19/h1-2,6,10,16H,3-5H2,(H,15,17)(H,18,19). The lowest BCUT2D eigenvalue weighted by Gasteiger charge is -2.13. The Labute approximate surface area is 107 Å². The van der Waals surface area contributed by atoms with Crippen molar-refractivity contribution in [2.24, 2.45) is 0 Å². The summed E-state index contributed by atoms with van der Waals surface area (Å²) in [5, 5.41) is 19.6. The van der Waals surface area contributed by atoms with Gasteiger partial charge < -0.3 is 15.5 Å². The number of hydrogen-bond acceptors (Lipinski definition) is 3. The molecule has 0 aliphatic rings. The SMILES string of the molecule is O=C(Cc1ccc(F)cc1F)NC(CCO)C(=O)O. The highest BCUT2D eigenvalue weighted by Crippen LogP contribution is 2.10. The quantitative estimate of drug-likeness (QED) is 0.702. The van der Waals surface area contributed by atoms with E-state index < -0.39 is 42.6 Å². The van der Waals surface area contributed by atoms with Gasteiger partial charge in [-0.15, -0.1) is 0 Å². The molecule has 1 rings (SSSR count). The van der Waals surface area contributed by atoms with Crippen molar-refractivity contribution in [2.75, 3.05) is 6.61 Å². The van der Waals surface area contributed by atoms with Gasteiger partial charge in [-0.25, -0.2) is 13.6 Å². The minimum Gasteiger partial charge on any atom is -0.480 e. The van der Waals surface area contributed by atoms with Gasteiger partial charge in [-0.2, -0.15) is 0 Å². The fourth-order valence-electron chi connectivity index (χ4n) is 1.47. The van der Waals surface area contributed by atoms with Crippen molar-refractivity contribution in [3.63, 3.8) is 0 Å². The molecule has 0 spiro atoms. The second kappa shape index (κ2) is 6.79. The van der Waals surface area contributed by atoms with E-state index in [0.717, 1.165) is 12.1 Å². The lowest BCUT2D eigenvalue weighted by molar-refractivity contribution is -0.142. The van der Waals surface area contributed by atoms with Gasteiger partial charge in [-0.3, -0.25) is 4.79 Å². The lowest BCUT2D eigenvalue weighted by atomic mass is 10.1. The number of carbonyl (C=O) groups is 2. The maximum Gasteiger partial charge on any atom is 0.326 e. The van der Waals surface area contributed by atoms with Gasteiger partial charge in [0.25, 0.3) is 0 Å². The molecular formula is C12H13F2NO4. The maximum absolute atomic E-state index is 13.3. The summed E-state index contributed by atoms with van der Waals surface area (Å²) in [5.74, 6) is -3.64. The molecule has 0 bridgehead atoms. The van der Waals surface area contributed by atoms with E-state index in [4.69, 9.17) is 10.2 Å². The van der Waals surface area contributed by atoms with Crippen LogP contribution in [0, 0.1) is 11.6 Å². The van der Waals surface area contributed by atoms with Gasteiger partial charge in [0.15, 0.2) is 0 Å². The average Bonchev–Trinajstić information content (AvgIpc) is 2.32. The molecule has 1 aromatic carbocycles. The molecule has 7 heteroatoms. The number of halogens is 2. The molecule has 0 heterocycles. The van der Waals surface area contributed by atoms with Crippen molar-refractivity contribution in [1.82, 2.24) is 5.32 Å². The van der Waals surface area contributed by atoms with E-state index in [2.05, 4.69) is 5.32 Å². The Morgan fingerprint density at radius 2 is 2.00 bits per heavy atom. The number of hydrogen-bond donors (Lipinski definition) is 3. The molecule has 0 aliphatic heterocycles. The molecule has 0 saturated carbocycles. The van der Waals surface area contributed by atoms with Crippen LogP contribution < -0.4 is 5.32 Å². The Morgan fingerprint density at radius 1 is 1.32 bits per heavy atom. The normalized spacial score (nSPS) is 11.9. The van der Waals surface area contributed by atoms with E-state index >= 15 is 0 Å². The van der Waals surface area contributed by atoms with Crippen LogP contribution in [0.15, 0.2) is 18.2 Å². The van der Waals surface area contributed by atoms with Crippen LogP contribution in [-0.2, 0) is 16.0 Å². The van der Waals surface area contributed by atoms with Crippen molar-refractivity contribution in [3.8, 4) is 0 Å². The van der Waals surface area contributed by atoms with Crippen molar-refractivity contribution >= 4 is 11.9 Å². The summed E-state index contributed by atoms with van der Waals surface area (Å²) in [6.45, 7) is -0.401. The Balaban J connectivity index is 2.66. The van der Waals surface area contributed by atoms with Crippen LogP contribution in [0.4, 0.5) is 8.78 Å². The summed E-state index contributed by atoms with van der Waals surface area (Å²) in [7, 11) is 0. The molecule has 1 unspecified atom stereocenters. The third-order valence-electron chi connectivity index (χ3n) is 2.42. The summed E-state index contributed by atoms with van der Waals surface area (Å²) >= 11 is 0. The number of rotatable bonds is 6. The van der Waals surface area contributed by atoms with Crippen LogP contribution in [-0.4, -0.2) is 34.7 Å². The van der Waals surface area contributed by atoms with Crippen molar-refractivity contribution in [2.45, 2.75) is 18.9 Å². The number of carboxylic acid groups (broad SMARTS) is 1. The third-order valence-corrected chi connectivity index (χ3v) is 2.42. The van der Waals surface area contributed by atoms with E-state index in [0.29, 0.717) is 6.07 Å². The summed E-state index contributed by atoms with van der Waals surface area (Å²) in [4.78, 5) is 22.3. The average molecular weight is 273 g/mol. The van der Waals surface area contributed by atoms with Gasteiger partial charge in [0.05, 0.1) is 6.42 Å². The summed E-state index contributed by atoms with van der Waals surface area (Å²) in [5.41, 5.74) is -0.0352. The fraction of sp³-hybridized carbons (Fsp3) is 0.333. The zero-order valence-electron chi connectivity index (χ0n) is 9.90. The van der Waals surface area contributed by atoms with Crippen LogP contribution in [0.1, 0.15) is 12.0 Å². The predicted molar refractivity (Wildman–Crippen MR) is 61.3 cm³/mol. The van der Waals surface area contributed by atoms with E-state index in [-0.39, 0.29) is 12.0 Å². The second-order valence-corrected chi connectivity index (χ2v) is 3.88. The minimum absolute atomic E-state index is 0.0352. The van der Waals surface area contributed by atoms with Gasteiger partial charge in [0.2, 0.25) is 5.91 Å². The molecule has 104 valence electrons. The molecule has 0 fully saturated rings. The van der Waals surface area contributed by atoms with Crippen molar-refractivity contribution < 1.29 is 28.6 Å². The van der Waals surface area contributed by atoms with E-state index in [9.17, 15) is 18.4 Å². The highest BCUT2D eigenvalue weighted by molar-refractivity contribution is 5.84. The maximum atomic E-state index is 13.3. The predicted octanol–water partition coefficient (Wildman–Crippen LogP) is 0.459. The van der Waals surface area contributed by atoms with Crippen molar-refractivity contribution in [3.05, 3.63) is 35.4 Å². The van der Waals surface area contributed by atoms with Gasteiger partial charge in [0, 0.05) is 19.1 Å². The lowest BCUT2D eigenvalue weighted by Crippen LogP contribution is -2.42. The first-order valence-electron chi connectivity index (χ1n) is 5.51. The number of aliphatic hydroxyl groups excluding tert-OH is 1. The molecule has 0 aliphatic carbocycles. The van der Waals surface area contributed by atoms with E-state index in [1.54, 1.807) is 0 Å². The number of carbonyl (C=O) groups excluding carboxylic acids is 1. The molecule has 5 nitrogen and oxygen atoms in total. The monoisotopic (exact) mass is 273 g/mol. The number of amides is 1. The van der Waals surface area contributed by atoms with Crippen molar-refractivity contribution in [1.29, 1.82) is 0 Å². The third kappa shape index (κ3) is 4.63. The molecule has 1 amide bonds. The van der Waals surface area contributed by atoms with Gasteiger partial charge in [0.1, 0.15) is 17.7 Å². The van der Waals surface area contributed by atoms with Gasteiger partial charge >= 0.3 is 5.97 Å². The zero-order chi connectivity index (χ0) is 14.4. The Bertz CT molecular complexity index is 479.